The van der Waals surface area contributed by atoms with Crippen LogP contribution in [0.4, 0.5) is 9.93 Å². The van der Waals surface area contributed by atoms with Gasteiger partial charge < -0.3 is 9.80 Å². The lowest BCUT2D eigenvalue weighted by atomic mass is 9.89. The smallest absolute Gasteiger partial charge is 0.319 e. The van der Waals surface area contributed by atoms with Crippen LogP contribution in [0.15, 0.2) is 23.1 Å². The molecule has 2 saturated carbocycles. The molecule has 3 fully saturated rings. The number of amides is 2. The molecule has 2 amide bonds. The number of hydrogen-bond acceptors (Lipinski definition) is 7. The summed E-state index contributed by atoms with van der Waals surface area (Å²) in [5.41, 5.74) is 0. The second-order valence-electron chi connectivity index (χ2n) is 9.92. The molecule has 4 rings (SSSR count). The van der Waals surface area contributed by atoms with Crippen LogP contribution in [-0.4, -0.2) is 84.8 Å². The molecule has 3 aliphatic rings. The van der Waals surface area contributed by atoms with E-state index >= 15 is 0 Å². The van der Waals surface area contributed by atoms with Crippen molar-refractivity contribution in [2.45, 2.75) is 85.9 Å². The molecular formula is C24H39N5O3S2. The van der Waals surface area contributed by atoms with E-state index in [1.807, 2.05) is 11.9 Å². The van der Waals surface area contributed by atoms with Crippen molar-refractivity contribution >= 4 is 32.3 Å². The van der Waals surface area contributed by atoms with Crippen LogP contribution in [0.5, 0.6) is 0 Å². The minimum atomic E-state index is -3.66. The van der Waals surface area contributed by atoms with Crippen molar-refractivity contribution < 1.29 is 13.2 Å². The third kappa shape index (κ3) is 5.83. The van der Waals surface area contributed by atoms with E-state index in [2.05, 4.69) is 26.7 Å². The van der Waals surface area contributed by atoms with Crippen molar-refractivity contribution in [3.05, 3.63) is 18.9 Å². The summed E-state index contributed by atoms with van der Waals surface area (Å²) in [6.45, 7) is 6.79. The Hall–Kier alpha value is -1.49. The quantitative estimate of drug-likeness (QED) is 0.555. The van der Waals surface area contributed by atoms with Crippen molar-refractivity contribution in [2.24, 2.45) is 0 Å². The lowest BCUT2D eigenvalue weighted by Crippen LogP contribution is -2.50. The fraction of sp³-hybridized carbons (Fsp3) is 0.750. The average molecular weight is 510 g/mol. The van der Waals surface area contributed by atoms with Gasteiger partial charge in [0.2, 0.25) is 9.84 Å². The number of rotatable bonds is 7. The van der Waals surface area contributed by atoms with E-state index in [1.54, 1.807) is 0 Å². The second kappa shape index (κ2) is 11.5. The number of thiazole rings is 1. The summed E-state index contributed by atoms with van der Waals surface area (Å²) < 4.78 is 27.0. The molecule has 2 aliphatic carbocycles. The maximum atomic E-state index is 13.4. The normalized spacial score (nSPS) is 22.9. The number of urea groups is 1. The van der Waals surface area contributed by atoms with Crippen molar-refractivity contribution in [1.82, 2.24) is 19.7 Å². The SMILES string of the molecule is C=CC(N1CCN(C)CC1)S(=O)(=O)c1cnc(NC(=O)N(C2CCCCC2)C2CCCCC2)s1. The maximum Gasteiger partial charge on any atom is 0.324 e. The molecule has 190 valence electrons. The molecule has 34 heavy (non-hydrogen) atoms. The van der Waals surface area contributed by atoms with E-state index in [4.69, 9.17) is 0 Å². The van der Waals surface area contributed by atoms with Crippen LogP contribution in [0.3, 0.4) is 0 Å². The van der Waals surface area contributed by atoms with Crippen molar-refractivity contribution in [3.63, 3.8) is 0 Å². The molecule has 1 atom stereocenters. The molecule has 2 heterocycles. The Balaban J connectivity index is 1.47. The predicted molar refractivity (Wildman–Crippen MR) is 137 cm³/mol. The third-order valence-electron chi connectivity index (χ3n) is 7.57. The van der Waals surface area contributed by atoms with Crippen LogP contribution in [-0.2, 0) is 9.84 Å². The number of hydrogen-bond donors (Lipinski definition) is 1. The monoisotopic (exact) mass is 509 g/mol. The molecule has 1 aromatic heterocycles. The van der Waals surface area contributed by atoms with Crippen LogP contribution in [0.2, 0.25) is 0 Å². The van der Waals surface area contributed by atoms with E-state index in [0.717, 1.165) is 75.8 Å². The standard InChI is InChI=1S/C24H39N5O3S2/c1-3-21(28-16-14-27(2)15-17-28)34(31,32)22-18-25-23(33-22)26-24(30)29(19-10-6-4-7-11-19)20-12-8-5-9-13-20/h3,18-21H,1,4-17H2,2H3,(H,25,26,30). The van der Waals surface area contributed by atoms with E-state index in [0.29, 0.717) is 18.2 Å². The highest BCUT2D eigenvalue weighted by molar-refractivity contribution is 7.94. The van der Waals surface area contributed by atoms with Crippen LogP contribution in [0, 0.1) is 0 Å². The number of nitrogens with one attached hydrogen (secondary N) is 1. The number of carbonyl (C=O) groups excluding carboxylic acids is 1. The van der Waals surface area contributed by atoms with E-state index in [9.17, 15) is 13.2 Å². The van der Waals surface area contributed by atoms with E-state index in [-0.39, 0.29) is 22.3 Å². The molecule has 0 spiro atoms. The lowest BCUT2D eigenvalue weighted by molar-refractivity contribution is 0.114. The highest BCUT2D eigenvalue weighted by atomic mass is 32.2. The first-order chi connectivity index (χ1) is 16.4. The summed E-state index contributed by atoms with van der Waals surface area (Å²) in [7, 11) is -1.63. The summed E-state index contributed by atoms with van der Waals surface area (Å²) >= 11 is 1.04. The molecule has 0 radical (unpaired) electrons. The summed E-state index contributed by atoms with van der Waals surface area (Å²) in [4.78, 5) is 23.9. The largest absolute Gasteiger partial charge is 0.324 e. The van der Waals surface area contributed by atoms with Crippen LogP contribution >= 0.6 is 11.3 Å². The Kier molecular flexibility index (Phi) is 8.66. The van der Waals surface area contributed by atoms with Gasteiger partial charge in [0.25, 0.3) is 0 Å². The van der Waals surface area contributed by atoms with Crippen LogP contribution in [0.1, 0.15) is 64.2 Å². The zero-order valence-electron chi connectivity index (χ0n) is 20.3. The fourth-order valence-corrected chi connectivity index (χ4v) is 8.45. The molecular weight excluding hydrogens is 470 g/mol. The van der Waals surface area contributed by atoms with E-state index in [1.165, 1.54) is 25.1 Å². The van der Waals surface area contributed by atoms with Crippen molar-refractivity contribution in [1.29, 1.82) is 0 Å². The first-order valence-corrected chi connectivity index (χ1v) is 15.1. The summed E-state index contributed by atoms with van der Waals surface area (Å²) in [5.74, 6) is 0. The molecule has 1 N–H and O–H groups in total. The second-order valence-corrected chi connectivity index (χ2v) is 13.2. The molecule has 0 bridgehead atoms. The van der Waals surface area contributed by atoms with E-state index < -0.39 is 15.2 Å². The van der Waals surface area contributed by atoms with Gasteiger partial charge in [-0.2, -0.15) is 0 Å². The highest BCUT2D eigenvalue weighted by Crippen LogP contribution is 2.32. The number of anilines is 1. The first kappa shape index (κ1) is 25.6. The molecule has 8 nitrogen and oxygen atoms in total. The van der Waals surface area contributed by atoms with Gasteiger partial charge in [-0.15, -0.1) is 6.58 Å². The zero-order chi connectivity index (χ0) is 24.1. The Labute approximate surface area is 208 Å². The van der Waals surface area contributed by atoms with Gasteiger partial charge in [-0.3, -0.25) is 10.2 Å². The average Bonchev–Trinajstić information content (AvgIpc) is 3.32. The summed E-state index contributed by atoms with van der Waals surface area (Å²) in [5, 5.41) is 2.52. The van der Waals surface area contributed by atoms with Crippen LogP contribution < -0.4 is 5.32 Å². The fourth-order valence-electron chi connectivity index (χ4n) is 5.62. The number of likely N-dealkylation sites (N-methyl/N-ethyl adjacent to an activating group) is 1. The van der Waals surface area contributed by atoms with Gasteiger partial charge in [-0.25, -0.2) is 18.2 Å². The van der Waals surface area contributed by atoms with Gasteiger partial charge in [0.05, 0.1) is 6.20 Å². The number of carbonyl (C=O) groups is 1. The maximum absolute atomic E-state index is 13.4. The van der Waals surface area contributed by atoms with Gasteiger partial charge in [0.15, 0.2) is 5.13 Å². The summed E-state index contributed by atoms with van der Waals surface area (Å²) in [6.07, 6.45) is 14.2. The summed E-state index contributed by atoms with van der Waals surface area (Å²) in [6, 6.07) is 0.404. The van der Waals surface area contributed by atoms with Gasteiger partial charge in [0.1, 0.15) is 9.58 Å². The number of aromatic nitrogens is 1. The molecule has 1 aliphatic heterocycles. The highest BCUT2D eigenvalue weighted by Gasteiger charge is 2.35. The zero-order valence-corrected chi connectivity index (χ0v) is 22.0. The van der Waals surface area contributed by atoms with Gasteiger partial charge in [0, 0.05) is 38.3 Å². The lowest BCUT2D eigenvalue weighted by Gasteiger charge is -2.41. The van der Waals surface area contributed by atoms with Gasteiger partial charge in [-0.1, -0.05) is 55.9 Å². The van der Waals surface area contributed by atoms with Crippen molar-refractivity contribution in [3.8, 4) is 0 Å². The Morgan fingerprint density at radius 3 is 2.18 bits per heavy atom. The molecule has 10 heteroatoms. The third-order valence-corrected chi connectivity index (χ3v) is 11.0. The number of sulfone groups is 1. The molecule has 0 aromatic carbocycles. The van der Waals surface area contributed by atoms with Gasteiger partial charge in [-0.05, 0) is 32.7 Å². The number of nitrogens with zero attached hydrogens (tertiary/aromatic N) is 4. The van der Waals surface area contributed by atoms with Crippen molar-refractivity contribution in [2.75, 3.05) is 38.5 Å². The number of piperazine rings is 1. The predicted octanol–water partition coefficient (Wildman–Crippen LogP) is 4.18. The molecule has 1 saturated heterocycles. The van der Waals surface area contributed by atoms with Gasteiger partial charge >= 0.3 is 6.03 Å². The van der Waals surface area contributed by atoms with Crippen LogP contribution in [0.25, 0.3) is 0 Å². The molecule has 1 aromatic rings. The molecule has 1 unspecified atom stereocenters. The Morgan fingerprint density at radius 1 is 1.09 bits per heavy atom. The topological polar surface area (TPSA) is 85.9 Å². The first-order valence-electron chi connectivity index (χ1n) is 12.7. The Morgan fingerprint density at radius 2 is 1.65 bits per heavy atom. The minimum absolute atomic E-state index is 0.128. The Bertz CT molecular complexity index is 912. The minimum Gasteiger partial charge on any atom is -0.319 e.